The summed E-state index contributed by atoms with van der Waals surface area (Å²) in [4.78, 5) is 12.9. The van der Waals surface area contributed by atoms with Gasteiger partial charge >= 0.3 is 0 Å². The molecule has 0 aliphatic carbocycles. The predicted molar refractivity (Wildman–Crippen MR) is 146 cm³/mol. The number of aromatic nitrogens is 1. The number of hydrogen-bond donors (Lipinski definition) is 1. The highest BCUT2D eigenvalue weighted by Crippen LogP contribution is 2.32. The van der Waals surface area contributed by atoms with Gasteiger partial charge in [0.25, 0.3) is 0 Å². The summed E-state index contributed by atoms with van der Waals surface area (Å²) in [7, 11) is 0. The summed E-state index contributed by atoms with van der Waals surface area (Å²) >= 11 is 0. The van der Waals surface area contributed by atoms with Crippen LogP contribution in [0, 0.1) is 11.8 Å². The molecule has 0 radical (unpaired) electrons. The zero-order chi connectivity index (χ0) is 23.8. The Kier molecular flexibility index (Phi) is 9.21. The highest BCUT2D eigenvalue weighted by Gasteiger charge is 2.18. The molecule has 1 fully saturated rings. The first-order valence-electron chi connectivity index (χ1n) is 14.0. The van der Waals surface area contributed by atoms with Crippen LogP contribution in [0.25, 0.3) is 21.8 Å². The minimum atomic E-state index is 0.295. The van der Waals surface area contributed by atoms with E-state index in [1.54, 1.807) is 0 Å². The minimum absolute atomic E-state index is 0.295. The number of fused-ring (bicyclic) bond motifs is 3. The molecule has 0 saturated carbocycles. The lowest BCUT2D eigenvalue weighted by atomic mass is 9.93. The van der Waals surface area contributed by atoms with Crippen molar-refractivity contribution in [3.8, 4) is 0 Å². The number of unbranched alkanes of at least 4 members (excludes halogenated alkanes) is 5. The molecule has 3 nitrogen and oxygen atoms in total. The summed E-state index contributed by atoms with van der Waals surface area (Å²) in [6, 6.07) is 15.2. The molecule has 1 aliphatic rings. The summed E-state index contributed by atoms with van der Waals surface area (Å²) in [5.74, 6) is 1.91. The number of carbonyl (C=O) groups excluding carboxylic acids is 1. The van der Waals surface area contributed by atoms with Crippen LogP contribution in [0.4, 0.5) is 0 Å². The molecule has 1 N–H and O–H groups in total. The average molecular weight is 461 g/mol. The lowest BCUT2D eigenvalue weighted by molar-refractivity contribution is 0.0979. The fourth-order valence-corrected chi connectivity index (χ4v) is 5.56. The molecule has 1 aliphatic heterocycles. The number of benzene rings is 2. The number of ketones is 1. The lowest BCUT2D eigenvalue weighted by Gasteiger charge is -2.27. The van der Waals surface area contributed by atoms with E-state index in [0.717, 1.165) is 30.9 Å². The average Bonchev–Trinajstić information content (AvgIpc) is 3.14. The maximum absolute atomic E-state index is 12.9. The standard InChI is InChI=1S/C31H44N2O/c1-3-5-6-7-8-17-31(34)26-18-19-30-28(20-26)27-15-11-12-16-29(27)33(30)23-24(4-2)13-9-10-14-25-21-32-22-25/h11-12,15-16,18-20,24-25,32H,3-10,13-14,17,21-23H2,1-2H3. The number of carbonyl (C=O) groups is 1. The minimum Gasteiger partial charge on any atom is -0.340 e. The fourth-order valence-electron chi connectivity index (χ4n) is 5.56. The summed E-state index contributed by atoms with van der Waals surface area (Å²) in [5.41, 5.74) is 3.46. The van der Waals surface area contributed by atoms with E-state index in [4.69, 9.17) is 0 Å². The number of rotatable bonds is 15. The molecule has 2 heterocycles. The van der Waals surface area contributed by atoms with Gasteiger partial charge in [-0.05, 0) is 68.5 Å². The number of hydrogen-bond acceptors (Lipinski definition) is 2. The Bertz CT molecular complexity index is 1060. The van der Waals surface area contributed by atoms with E-state index in [1.807, 2.05) is 0 Å². The molecule has 3 heteroatoms. The van der Waals surface area contributed by atoms with Gasteiger partial charge in [-0.3, -0.25) is 4.79 Å². The Labute approximate surface area is 206 Å². The van der Waals surface area contributed by atoms with Crippen LogP contribution in [0.1, 0.15) is 94.8 Å². The SMILES string of the molecule is CCCCCCCC(=O)c1ccc2c(c1)c1ccccc1n2CC(CC)CCCCC1CNC1. The molecule has 1 saturated heterocycles. The topological polar surface area (TPSA) is 34.0 Å². The van der Waals surface area contributed by atoms with E-state index < -0.39 is 0 Å². The highest BCUT2D eigenvalue weighted by molar-refractivity contribution is 6.10. The van der Waals surface area contributed by atoms with Crippen LogP contribution in [-0.4, -0.2) is 23.4 Å². The fraction of sp³-hybridized carbons (Fsp3) is 0.581. The van der Waals surface area contributed by atoms with Crippen molar-refractivity contribution in [3.63, 3.8) is 0 Å². The molecule has 0 amide bonds. The summed E-state index contributed by atoms with van der Waals surface area (Å²) in [6.07, 6.45) is 13.2. The third kappa shape index (κ3) is 6.10. The van der Waals surface area contributed by atoms with Crippen molar-refractivity contribution in [1.82, 2.24) is 9.88 Å². The van der Waals surface area contributed by atoms with Crippen molar-refractivity contribution in [2.45, 2.75) is 91.0 Å². The first-order valence-corrected chi connectivity index (χ1v) is 14.0. The molecule has 4 rings (SSSR count). The van der Waals surface area contributed by atoms with Crippen LogP contribution in [0.2, 0.25) is 0 Å². The van der Waals surface area contributed by atoms with Gasteiger partial charge in [-0.1, -0.05) is 77.0 Å². The predicted octanol–water partition coefficient (Wildman–Crippen LogP) is 8.14. The number of nitrogens with one attached hydrogen (secondary N) is 1. The molecule has 1 unspecified atom stereocenters. The van der Waals surface area contributed by atoms with Crippen molar-refractivity contribution in [3.05, 3.63) is 48.0 Å². The van der Waals surface area contributed by atoms with Gasteiger partial charge in [-0.25, -0.2) is 0 Å². The van der Waals surface area contributed by atoms with Crippen molar-refractivity contribution in [1.29, 1.82) is 0 Å². The highest BCUT2D eigenvalue weighted by atomic mass is 16.1. The molecule has 34 heavy (non-hydrogen) atoms. The number of nitrogens with zero attached hydrogens (tertiary/aromatic N) is 1. The third-order valence-electron chi connectivity index (χ3n) is 7.96. The van der Waals surface area contributed by atoms with Gasteiger partial charge in [0.15, 0.2) is 5.78 Å². The summed E-state index contributed by atoms with van der Waals surface area (Å²) in [5, 5.41) is 5.91. The monoisotopic (exact) mass is 460 g/mol. The van der Waals surface area contributed by atoms with E-state index in [9.17, 15) is 4.79 Å². The van der Waals surface area contributed by atoms with Gasteiger partial charge in [0.2, 0.25) is 0 Å². The van der Waals surface area contributed by atoms with Crippen LogP contribution < -0.4 is 5.32 Å². The van der Waals surface area contributed by atoms with Crippen LogP contribution in [0.15, 0.2) is 42.5 Å². The van der Waals surface area contributed by atoms with Gasteiger partial charge in [-0.15, -0.1) is 0 Å². The largest absolute Gasteiger partial charge is 0.340 e. The Morgan fingerprint density at radius 3 is 2.50 bits per heavy atom. The molecule has 0 bridgehead atoms. The first-order chi connectivity index (χ1) is 16.7. The quantitative estimate of drug-likeness (QED) is 0.183. The van der Waals surface area contributed by atoms with Crippen molar-refractivity contribution >= 4 is 27.6 Å². The molecule has 0 spiro atoms. The Hall–Kier alpha value is -2.13. The van der Waals surface area contributed by atoms with E-state index in [2.05, 4.69) is 66.2 Å². The lowest BCUT2D eigenvalue weighted by Crippen LogP contribution is -2.41. The molecule has 2 aromatic carbocycles. The van der Waals surface area contributed by atoms with E-state index in [1.165, 1.54) is 86.3 Å². The smallest absolute Gasteiger partial charge is 0.162 e. The zero-order valence-electron chi connectivity index (χ0n) is 21.5. The third-order valence-corrected chi connectivity index (χ3v) is 7.96. The number of Topliss-reactive ketones (excluding diaryl/α,β-unsaturated/α-hetero) is 1. The van der Waals surface area contributed by atoms with Crippen molar-refractivity contribution < 1.29 is 4.79 Å². The van der Waals surface area contributed by atoms with Crippen LogP contribution in [0.5, 0.6) is 0 Å². The molecule has 184 valence electrons. The van der Waals surface area contributed by atoms with Gasteiger partial charge in [0.1, 0.15) is 0 Å². The van der Waals surface area contributed by atoms with E-state index >= 15 is 0 Å². The molecule has 3 aromatic rings. The molecule has 1 atom stereocenters. The van der Waals surface area contributed by atoms with Crippen molar-refractivity contribution in [2.75, 3.05) is 13.1 Å². The summed E-state index contributed by atoms with van der Waals surface area (Å²) in [6.45, 7) is 8.08. The van der Waals surface area contributed by atoms with Crippen LogP contribution in [0.3, 0.4) is 0 Å². The van der Waals surface area contributed by atoms with Gasteiger partial charge in [-0.2, -0.15) is 0 Å². The second kappa shape index (κ2) is 12.5. The van der Waals surface area contributed by atoms with E-state index in [0.29, 0.717) is 18.1 Å². The molecule has 1 aromatic heterocycles. The zero-order valence-corrected chi connectivity index (χ0v) is 21.5. The summed E-state index contributed by atoms with van der Waals surface area (Å²) < 4.78 is 2.52. The van der Waals surface area contributed by atoms with Gasteiger partial charge in [0.05, 0.1) is 0 Å². The van der Waals surface area contributed by atoms with Gasteiger partial charge < -0.3 is 9.88 Å². The van der Waals surface area contributed by atoms with Gasteiger partial charge in [0, 0.05) is 40.3 Å². The molecular weight excluding hydrogens is 416 g/mol. The molecular formula is C31H44N2O. The van der Waals surface area contributed by atoms with E-state index in [-0.39, 0.29) is 0 Å². The maximum Gasteiger partial charge on any atom is 0.162 e. The van der Waals surface area contributed by atoms with Crippen LogP contribution in [-0.2, 0) is 6.54 Å². The number of para-hydroxylation sites is 1. The normalized spacial score (nSPS) is 15.1. The van der Waals surface area contributed by atoms with Crippen LogP contribution >= 0.6 is 0 Å². The second-order valence-electron chi connectivity index (χ2n) is 10.5. The maximum atomic E-state index is 12.9. The Morgan fingerprint density at radius 1 is 0.941 bits per heavy atom. The first kappa shape index (κ1) is 25.0. The Morgan fingerprint density at radius 2 is 1.74 bits per heavy atom. The Balaban J connectivity index is 1.47. The second-order valence-corrected chi connectivity index (χ2v) is 10.5. The van der Waals surface area contributed by atoms with Crippen molar-refractivity contribution in [2.24, 2.45) is 11.8 Å².